The molecule has 3 aromatic rings. The van der Waals surface area contributed by atoms with E-state index in [-0.39, 0.29) is 24.6 Å². The van der Waals surface area contributed by atoms with E-state index < -0.39 is 17.7 Å². The molecule has 2 heterocycles. The number of halogens is 2. The number of hydrogen-bond donors (Lipinski definition) is 1. The number of hydrogen-bond acceptors (Lipinski definition) is 4. The monoisotopic (exact) mass is 439 g/mol. The van der Waals surface area contributed by atoms with Crippen molar-refractivity contribution in [2.45, 2.75) is 25.8 Å². The van der Waals surface area contributed by atoms with Crippen LogP contribution in [-0.2, 0) is 17.8 Å². The molecule has 9 heteroatoms. The number of amides is 1. The van der Waals surface area contributed by atoms with Crippen LogP contribution in [0.4, 0.5) is 14.5 Å². The molecule has 0 fully saturated rings. The average molecular weight is 439 g/mol. The SMILES string of the molecule is Cc1c(C2Cc3ccccc3N(C)C2=O)cccc1-n1cnn(CC(CN)=C(F)F)c1=O. The van der Waals surface area contributed by atoms with Gasteiger partial charge in [0.05, 0.1) is 18.2 Å². The van der Waals surface area contributed by atoms with Crippen LogP contribution in [0.1, 0.15) is 22.6 Å². The molecule has 166 valence electrons. The van der Waals surface area contributed by atoms with Gasteiger partial charge < -0.3 is 10.6 Å². The molecule has 0 spiro atoms. The maximum atomic E-state index is 13.1. The quantitative estimate of drug-likeness (QED) is 0.663. The van der Waals surface area contributed by atoms with Gasteiger partial charge in [-0.05, 0) is 42.2 Å². The Kier molecular flexibility index (Phi) is 5.75. The molecule has 2 aromatic carbocycles. The molecule has 0 radical (unpaired) electrons. The number of likely N-dealkylation sites (N-methyl/N-ethyl adjacent to an activating group) is 1. The number of benzene rings is 2. The lowest BCUT2D eigenvalue weighted by atomic mass is 9.84. The minimum absolute atomic E-state index is 0.0249. The van der Waals surface area contributed by atoms with E-state index in [0.717, 1.165) is 27.1 Å². The predicted molar refractivity (Wildman–Crippen MR) is 117 cm³/mol. The first-order valence-corrected chi connectivity index (χ1v) is 10.2. The summed E-state index contributed by atoms with van der Waals surface area (Å²) in [7, 11) is 1.76. The maximum Gasteiger partial charge on any atom is 0.350 e. The third-order valence-corrected chi connectivity index (χ3v) is 5.98. The second-order valence-electron chi connectivity index (χ2n) is 7.78. The first-order chi connectivity index (χ1) is 15.3. The van der Waals surface area contributed by atoms with Crippen LogP contribution in [0.25, 0.3) is 5.69 Å². The third-order valence-electron chi connectivity index (χ3n) is 5.98. The largest absolute Gasteiger partial charge is 0.350 e. The number of nitrogens with two attached hydrogens (primary N) is 1. The lowest BCUT2D eigenvalue weighted by Crippen LogP contribution is -2.37. The normalized spacial score (nSPS) is 15.6. The molecule has 1 atom stereocenters. The van der Waals surface area contributed by atoms with E-state index in [1.165, 1.54) is 10.9 Å². The zero-order valence-corrected chi connectivity index (χ0v) is 17.8. The van der Waals surface area contributed by atoms with Gasteiger partial charge in [0.1, 0.15) is 6.33 Å². The maximum absolute atomic E-state index is 13.1. The summed E-state index contributed by atoms with van der Waals surface area (Å²) in [6, 6.07) is 13.2. The van der Waals surface area contributed by atoms with Gasteiger partial charge >= 0.3 is 5.69 Å². The fraction of sp³-hybridized carbons (Fsp3) is 0.261. The van der Waals surface area contributed by atoms with Crippen molar-refractivity contribution in [3.05, 3.63) is 87.6 Å². The van der Waals surface area contributed by atoms with Gasteiger partial charge in [0.15, 0.2) is 0 Å². The third kappa shape index (κ3) is 3.64. The number of carbonyl (C=O) groups is 1. The highest BCUT2D eigenvalue weighted by molar-refractivity contribution is 6.01. The van der Waals surface area contributed by atoms with Crippen molar-refractivity contribution >= 4 is 11.6 Å². The summed E-state index contributed by atoms with van der Waals surface area (Å²) < 4.78 is 28.2. The first kappa shape index (κ1) is 21.6. The molecule has 1 aliphatic heterocycles. The summed E-state index contributed by atoms with van der Waals surface area (Å²) >= 11 is 0. The molecule has 0 aliphatic carbocycles. The zero-order valence-electron chi connectivity index (χ0n) is 17.8. The highest BCUT2D eigenvalue weighted by Crippen LogP contribution is 2.36. The van der Waals surface area contributed by atoms with Crippen molar-refractivity contribution in [3.8, 4) is 5.69 Å². The Labute approximate surface area is 183 Å². The molecule has 1 unspecified atom stereocenters. The summed E-state index contributed by atoms with van der Waals surface area (Å²) in [5, 5.41) is 3.97. The molecule has 4 rings (SSSR count). The van der Waals surface area contributed by atoms with Crippen molar-refractivity contribution in [3.63, 3.8) is 0 Å². The van der Waals surface area contributed by atoms with E-state index in [1.54, 1.807) is 24.1 Å². The van der Waals surface area contributed by atoms with Crippen LogP contribution in [0, 0.1) is 6.92 Å². The molecule has 1 amide bonds. The molecular formula is C23H23F2N5O2. The van der Waals surface area contributed by atoms with Crippen molar-refractivity contribution < 1.29 is 13.6 Å². The Morgan fingerprint density at radius 3 is 2.56 bits per heavy atom. The molecule has 0 bridgehead atoms. The van der Waals surface area contributed by atoms with E-state index in [1.807, 2.05) is 37.3 Å². The highest BCUT2D eigenvalue weighted by Gasteiger charge is 2.33. The van der Waals surface area contributed by atoms with Crippen LogP contribution < -0.4 is 16.3 Å². The molecule has 2 N–H and O–H groups in total. The number of nitrogens with zero attached hydrogens (tertiary/aromatic N) is 4. The van der Waals surface area contributed by atoms with E-state index in [9.17, 15) is 18.4 Å². The lowest BCUT2D eigenvalue weighted by Gasteiger charge is -2.32. The van der Waals surface area contributed by atoms with Crippen molar-refractivity contribution in [1.82, 2.24) is 14.3 Å². The number of carbonyl (C=O) groups excluding carboxylic acids is 1. The fourth-order valence-corrected chi connectivity index (χ4v) is 4.19. The smallest absolute Gasteiger partial charge is 0.327 e. The summed E-state index contributed by atoms with van der Waals surface area (Å²) in [6.07, 6.45) is -0.0616. The van der Waals surface area contributed by atoms with Crippen molar-refractivity contribution in [2.75, 3.05) is 18.5 Å². The van der Waals surface area contributed by atoms with Crippen LogP contribution in [0.3, 0.4) is 0 Å². The van der Waals surface area contributed by atoms with Crippen molar-refractivity contribution in [1.29, 1.82) is 0 Å². The van der Waals surface area contributed by atoms with Gasteiger partial charge in [0.2, 0.25) is 5.91 Å². The van der Waals surface area contributed by atoms with Gasteiger partial charge in [0.25, 0.3) is 6.08 Å². The standard InChI is InChI=1S/C23H23F2N5O2/c1-14-17(18-10-15-6-3-4-8-20(15)28(2)22(18)31)7-5-9-19(14)29-13-27-30(23(29)32)12-16(11-26)21(24)25/h3-9,13,18H,10-12,26H2,1-2H3. The van der Waals surface area contributed by atoms with Gasteiger partial charge in [-0.3, -0.25) is 4.79 Å². The summed E-state index contributed by atoms with van der Waals surface area (Å²) in [5.74, 6) is -0.420. The first-order valence-electron chi connectivity index (χ1n) is 10.2. The molecule has 7 nitrogen and oxygen atoms in total. The molecular weight excluding hydrogens is 416 g/mol. The number of anilines is 1. The van der Waals surface area contributed by atoms with Crippen LogP contribution in [0.5, 0.6) is 0 Å². The van der Waals surface area contributed by atoms with Crippen LogP contribution >= 0.6 is 0 Å². The summed E-state index contributed by atoms with van der Waals surface area (Å²) in [4.78, 5) is 27.6. The van der Waals surface area contributed by atoms with Crippen molar-refractivity contribution in [2.24, 2.45) is 5.73 Å². The number of fused-ring (bicyclic) bond motifs is 1. The Morgan fingerprint density at radius 2 is 1.84 bits per heavy atom. The van der Waals surface area contributed by atoms with Gasteiger partial charge in [0, 0.05) is 24.9 Å². The molecule has 1 aliphatic rings. The van der Waals surface area contributed by atoms with E-state index in [4.69, 9.17) is 5.73 Å². The van der Waals surface area contributed by atoms with E-state index in [0.29, 0.717) is 12.1 Å². The Balaban J connectivity index is 1.73. The Hall–Kier alpha value is -3.59. The molecule has 0 saturated carbocycles. The van der Waals surface area contributed by atoms with Gasteiger partial charge in [-0.1, -0.05) is 30.3 Å². The minimum atomic E-state index is -1.91. The summed E-state index contributed by atoms with van der Waals surface area (Å²) in [5.41, 5.74) is 8.52. The Bertz CT molecular complexity index is 1270. The second-order valence-corrected chi connectivity index (χ2v) is 7.78. The average Bonchev–Trinajstić information content (AvgIpc) is 3.14. The minimum Gasteiger partial charge on any atom is -0.327 e. The van der Waals surface area contributed by atoms with Gasteiger partial charge in [-0.25, -0.2) is 14.0 Å². The second kappa shape index (κ2) is 8.51. The van der Waals surface area contributed by atoms with Crippen LogP contribution in [0.15, 0.2) is 65.2 Å². The predicted octanol–water partition coefficient (Wildman–Crippen LogP) is 2.75. The van der Waals surface area contributed by atoms with E-state index in [2.05, 4.69) is 5.10 Å². The summed E-state index contributed by atoms with van der Waals surface area (Å²) in [6.45, 7) is 1.09. The van der Waals surface area contributed by atoms with Gasteiger partial charge in [-0.15, -0.1) is 0 Å². The van der Waals surface area contributed by atoms with Gasteiger partial charge in [-0.2, -0.15) is 13.9 Å². The number of rotatable bonds is 5. The number of aromatic nitrogens is 3. The zero-order chi connectivity index (χ0) is 23.0. The van der Waals surface area contributed by atoms with Crippen LogP contribution in [0.2, 0.25) is 0 Å². The highest BCUT2D eigenvalue weighted by atomic mass is 19.3. The lowest BCUT2D eigenvalue weighted by molar-refractivity contribution is -0.120. The van der Waals surface area contributed by atoms with Crippen LogP contribution in [-0.4, -0.2) is 33.8 Å². The molecule has 32 heavy (non-hydrogen) atoms. The number of para-hydroxylation sites is 1. The molecule has 1 aromatic heterocycles. The topological polar surface area (TPSA) is 86.2 Å². The van der Waals surface area contributed by atoms with E-state index >= 15 is 0 Å². The Morgan fingerprint density at radius 1 is 1.12 bits per heavy atom. The molecule has 0 saturated heterocycles. The fourth-order valence-electron chi connectivity index (χ4n) is 4.19.